The van der Waals surface area contributed by atoms with Gasteiger partial charge in [0, 0.05) is 12.1 Å². The quantitative estimate of drug-likeness (QED) is 0.580. The monoisotopic (exact) mass is 204 g/mol. The highest BCUT2D eigenvalue weighted by atomic mass is 79.9. The Labute approximate surface area is 70.6 Å². The Morgan fingerprint density at radius 2 is 1.80 bits per heavy atom. The molecule has 0 atom stereocenters. The smallest absolute Gasteiger partial charge is 0.106 e. The van der Waals surface area contributed by atoms with Gasteiger partial charge in [-0.15, -0.1) is 5.10 Å². The van der Waals surface area contributed by atoms with E-state index in [0.29, 0.717) is 0 Å². The van der Waals surface area contributed by atoms with Crippen molar-refractivity contribution in [2.24, 2.45) is 10.2 Å². The zero-order chi connectivity index (χ0) is 7.98. The van der Waals surface area contributed by atoms with Crippen molar-refractivity contribution in [3.63, 3.8) is 0 Å². The van der Waals surface area contributed by atoms with E-state index in [1.54, 1.807) is 0 Å². The van der Waals surface area contributed by atoms with E-state index >= 15 is 0 Å². The topological polar surface area (TPSA) is 24.7 Å². The lowest BCUT2D eigenvalue weighted by atomic mass is 10.2. The molecule has 58 valence electrons. The highest BCUT2D eigenvalue weighted by Gasteiger charge is 2.00. The molecule has 2 nitrogen and oxygen atoms in total. The lowest BCUT2D eigenvalue weighted by Crippen LogP contribution is -1.99. The minimum Gasteiger partial charge on any atom is -0.160 e. The lowest BCUT2D eigenvalue weighted by Gasteiger charge is -2.01. The van der Waals surface area contributed by atoms with Gasteiger partial charge < -0.3 is 0 Å². The van der Waals surface area contributed by atoms with Crippen molar-refractivity contribution < 1.29 is 0 Å². The van der Waals surface area contributed by atoms with E-state index in [-0.39, 0.29) is 0 Å². The number of nitrogens with zero attached hydrogens (tertiary/aromatic N) is 2. The third-order valence-electron chi connectivity index (χ3n) is 1.02. The fourth-order valence-electron chi connectivity index (χ4n) is 0.524. The number of rotatable bonds is 0. The van der Waals surface area contributed by atoms with E-state index in [2.05, 4.69) is 26.1 Å². The maximum atomic E-state index is 3.87. The fraction of sp³-hybridized carbons (Fsp3) is 0.714. The van der Waals surface area contributed by atoms with Crippen molar-refractivity contribution in [2.75, 3.05) is 0 Å². The van der Waals surface area contributed by atoms with Crippen LogP contribution >= 0.6 is 15.9 Å². The molecule has 0 fully saturated rings. The standard InChI is InChI=1S/C5H7BrN2.C2H6/c1-4-2-3-5(6)8-7-4;1-2/h2-3H2,1H3;1-2H3. The lowest BCUT2D eigenvalue weighted by molar-refractivity contribution is 1.05. The molecule has 0 unspecified atom stereocenters. The molecule has 1 aliphatic rings. The Bertz CT molecular complexity index is 132. The molecule has 0 radical (unpaired) electrons. The van der Waals surface area contributed by atoms with Gasteiger partial charge in [-0.2, -0.15) is 5.10 Å². The number of hydrogen-bond donors (Lipinski definition) is 0. The van der Waals surface area contributed by atoms with Gasteiger partial charge in [0.15, 0.2) is 0 Å². The first-order chi connectivity index (χ1) is 4.79. The van der Waals surface area contributed by atoms with Crippen LogP contribution in [0.2, 0.25) is 0 Å². The zero-order valence-electron chi connectivity index (χ0n) is 6.69. The minimum atomic E-state index is 0.961. The van der Waals surface area contributed by atoms with Crippen LogP contribution < -0.4 is 0 Å². The molecule has 0 saturated heterocycles. The molecule has 0 aromatic carbocycles. The Hall–Kier alpha value is -0.180. The van der Waals surface area contributed by atoms with Crippen molar-refractivity contribution >= 4 is 26.3 Å². The third kappa shape index (κ3) is 3.77. The Kier molecular flexibility index (Phi) is 5.49. The summed E-state index contributed by atoms with van der Waals surface area (Å²) in [5.74, 6) is 0. The van der Waals surface area contributed by atoms with Crippen molar-refractivity contribution in [3.8, 4) is 0 Å². The molecule has 1 heterocycles. The fourth-order valence-corrected chi connectivity index (χ4v) is 0.801. The molecule has 0 aromatic rings. The second-order valence-electron chi connectivity index (χ2n) is 1.81. The van der Waals surface area contributed by atoms with E-state index in [1.807, 2.05) is 20.8 Å². The van der Waals surface area contributed by atoms with Gasteiger partial charge in [-0.1, -0.05) is 13.8 Å². The highest BCUT2D eigenvalue weighted by molar-refractivity contribution is 9.18. The molecule has 0 amide bonds. The summed E-state index contributed by atoms with van der Waals surface area (Å²) in [5, 5.41) is 7.70. The van der Waals surface area contributed by atoms with Gasteiger partial charge in [0.1, 0.15) is 4.62 Å². The molecule has 0 N–H and O–H groups in total. The summed E-state index contributed by atoms with van der Waals surface area (Å²) in [4.78, 5) is 0. The summed E-state index contributed by atoms with van der Waals surface area (Å²) in [6.45, 7) is 5.99. The van der Waals surface area contributed by atoms with E-state index in [9.17, 15) is 0 Å². The van der Waals surface area contributed by atoms with Gasteiger partial charge in [0.2, 0.25) is 0 Å². The van der Waals surface area contributed by atoms with Crippen LogP contribution in [0.25, 0.3) is 0 Å². The van der Waals surface area contributed by atoms with Crippen LogP contribution in [0.4, 0.5) is 0 Å². The van der Waals surface area contributed by atoms with Crippen molar-refractivity contribution in [2.45, 2.75) is 33.6 Å². The van der Waals surface area contributed by atoms with Crippen LogP contribution in [-0.2, 0) is 0 Å². The molecule has 0 aliphatic carbocycles. The summed E-state index contributed by atoms with van der Waals surface area (Å²) < 4.78 is 0.961. The average Bonchev–Trinajstić information content (AvgIpc) is 2.00. The van der Waals surface area contributed by atoms with Crippen LogP contribution in [0.5, 0.6) is 0 Å². The summed E-state index contributed by atoms with van der Waals surface area (Å²) in [7, 11) is 0. The minimum absolute atomic E-state index is 0.961. The maximum absolute atomic E-state index is 3.87. The predicted octanol–water partition coefficient (Wildman–Crippen LogP) is 2.98. The molecule has 0 spiro atoms. The van der Waals surface area contributed by atoms with Gasteiger partial charge in [0.05, 0.1) is 0 Å². The molecule has 0 bridgehead atoms. The summed E-state index contributed by atoms with van der Waals surface area (Å²) in [6, 6.07) is 0. The van der Waals surface area contributed by atoms with Crippen molar-refractivity contribution in [3.05, 3.63) is 0 Å². The van der Waals surface area contributed by atoms with Crippen LogP contribution in [0.3, 0.4) is 0 Å². The normalized spacial score (nSPS) is 16.4. The highest BCUT2D eigenvalue weighted by Crippen LogP contribution is 2.07. The molecule has 3 heteroatoms. The van der Waals surface area contributed by atoms with Crippen molar-refractivity contribution in [1.82, 2.24) is 0 Å². The summed E-state index contributed by atoms with van der Waals surface area (Å²) in [6.07, 6.45) is 2.05. The molecule has 10 heavy (non-hydrogen) atoms. The van der Waals surface area contributed by atoms with E-state index in [0.717, 1.165) is 23.2 Å². The largest absolute Gasteiger partial charge is 0.160 e. The van der Waals surface area contributed by atoms with Gasteiger partial charge >= 0.3 is 0 Å². The van der Waals surface area contributed by atoms with Crippen LogP contribution in [0.1, 0.15) is 33.6 Å². The predicted molar refractivity (Wildman–Crippen MR) is 50.1 cm³/mol. The van der Waals surface area contributed by atoms with Crippen molar-refractivity contribution in [1.29, 1.82) is 0 Å². The number of hydrogen-bond acceptors (Lipinski definition) is 2. The van der Waals surface area contributed by atoms with E-state index in [1.165, 1.54) is 0 Å². The first-order valence-electron chi connectivity index (χ1n) is 3.54. The van der Waals surface area contributed by atoms with Gasteiger partial charge in [-0.3, -0.25) is 0 Å². The first kappa shape index (κ1) is 9.82. The van der Waals surface area contributed by atoms with Gasteiger partial charge in [-0.05, 0) is 29.3 Å². The second kappa shape index (κ2) is 5.59. The van der Waals surface area contributed by atoms with Crippen LogP contribution in [0.15, 0.2) is 10.2 Å². The Morgan fingerprint density at radius 3 is 2.10 bits per heavy atom. The summed E-state index contributed by atoms with van der Waals surface area (Å²) >= 11 is 3.26. The van der Waals surface area contributed by atoms with Gasteiger partial charge in [-0.25, -0.2) is 0 Å². The molecule has 1 aliphatic heterocycles. The number of halogens is 1. The Morgan fingerprint density at radius 1 is 1.20 bits per heavy atom. The SMILES string of the molecule is CC.CC1=NN=C(Br)CC1. The molecule has 0 saturated carbocycles. The average molecular weight is 205 g/mol. The molecular weight excluding hydrogens is 192 g/mol. The molecule has 1 rings (SSSR count). The van der Waals surface area contributed by atoms with Crippen LogP contribution in [-0.4, -0.2) is 10.3 Å². The van der Waals surface area contributed by atoms with Gasteiger partial charge in [0.25, 0.3) is 0 Å². The third-order valence-corrected chi connectivity index (χ3v) is 1.58. The first-order valence-corrected chi connectivity index (χ1v) is 4.34. The van der Waals surface area contributed by atoms with E-state index in [4.69, 9.17) is 0 Å². The maximum Gasteiger partial charge on any atom is 0.106 e. The summed E-state index contributed by atoms with van der Waals surface area (Å²) in [5.41, 5.74) is 1.12. The van der Waals surface area contributed by atoms with E-state index < -0.39 is 0 Å². The Balaban J connectivity index is 0.000000371. The zero-order valence-corrected chi connectivity index (χ0v) is 8.27. The molecule has 0 aromatic heterocycles. The molecular formula is C7H13BrN2. The second-order valence-corrected chi connectivity index (χ2v) is 2.73. The van der Waals surface area contributed by atoms with Crippen LogP contribution in [0, 0.1) is 0 Å².